The third-order valence-electron chi connectivity index (χ3n) is 1.76. The summed E-state index contributed by atoms with van der Waals surface area (Å²) in [5, 5.41) is 17.5. The fourth-order valence-corrected chi connectivity index (χ4v) is 1.05. The molecule has 0 unspecified atom stereocenters. The summed E-state index contributed by atoms with van der Waals surface area (Å²) in [7, 11) is 0. The van der Waals surface area contributed by atoms with E-state index in [1.165, 1.54) is 0 Å². The minimum atomic E-state index is -0.611. The Morgan fingerprint density at radius 1 is 1.33 bits per heavy atom. The highest BCUT2D eigenvalue weighted by Gasteiger charge is 2.33. The Hall–Kier alpha value is -0.120. The summed E-state index contributed by atoms with van der Waals surface area (Å²) >= 11 is 0. The van der Waals surface area contributed by atoms with Gasteiger partial charge in [-0.3, -0.25) is 0 Å². The van der Waals surface area contributed by atoms with Gasteiger partial charge in [0.1, 0.15) is 5.60 Å². The fraction of sp³-hybridized carbons (Fsp3) is 1.00. The van der Waals surface area contributed by atoms with Crippen LogP contribution in [0.2, 0.25) is 0 Å². The van der Waals surface area contributed by atoms with Crippen LogP contribution in [0.5, 0.6) is 0 Å². The highest BCUT2D eigenvalue weighted by atomic mass is 16.8. The molecule has 1 rings (SSSR count). The highest BCUT2D eigenvalue weighted by molar-refractivity contribution is 4.83. The van der Waals surface area contributed by atoms with E-state index >= 15 is 0 Å². The van der Waals surface area contributed by atoms with Crippen LogP contribution in [0.15, 0.2) is 0 Å². The average Bonchev–Trinajstić information content (AvgIpc) is 2.36. The largest absolute Gasteiger partial charge is 0.393 e. The van der Waals surface area contributed by atoms with Crippen LogP contribution in [0.3, 0.4) is 0 Å². The minimum Gasteiger partial charge on any atom is -0.393 e. The van der Waals surface area contributed by atoms with Crippen LogP contribution >= 0.6 is 0 Å². The number of aliphatic hydroxyl groups is 2. The van der Waals surface area contributed by atoms with E-state index in [0.717, 1.165) is 12.8 Å². The topological polar surface area (TPSA) is 49.7 Å². The van der Waals surface area contributed by atoms with Crippen molar-refractivity contribution in [3.63, 3.8) is 0 Å². The molecule has 1 aliphatic heterocycles. The molecule has 1 fully saturated rings. The van der Waals surface area contributed by atoms with E-state index in [9.17, 15) is 0 Å². The summed E-state index contributed by atoms with van der Waals surface area (Å²) in [5.41, 5.74) is -0.611. The average molecular weight is 134 g/mol. The number of ether oxygens (including phenoxy) is 1. The normalized spacial score (nSPS) is 24.7. The molecule has 0 spiro atoms. The van der Waals surface area contributed by atoms with Gasteiger partial charge in [-0.25, -0.2) is 0 Å². The van der Waals surface area contributed by atoms with Crippen molar-refractivity contribution in [2.24, 2.45) is 0 Å². The Balaban J connectivity index is 2.45. The maximum Gasteiger partial charge on any atom is 0.114 e. The SMILES string of the molecule is OC[14C]1(CO)CCCO1. The molecule has 0 radical (unpaired) electrons. The second kappa shape index (κ2) is 2.64. The van der Waals surface area contributed by atoms with E-state index in [-0.39, 0.29) is 13.2 Å². The highest BCUT2D eigenvalue weighted by Crippen LogP contribution is 2.23. The van der Waals surface area contributed by atoms with E-state index in [1.54, 1.807) is 0 Å². The number of hydrogen-bond donors (Lipinski definition) is 2. The maximum absolute atomic E-state index is 8.73. The maximum atomic E-state index is 8.73. The quantitative estimate of drug-likeness (QED) is 0.536. The van der Waals surface area contributed by atoms with Crippen molar-refractivity contribution in [3.05, 3.63) is 0 Å². The standard InChI is InChI=1S/C6H12O3/c7-4-6(5-8)2-1-3-9-6/h7-8H,1-5H2/i6+2. The van der Waals surface area contributed by atoms with Gasteiger partial charge in [0, 0.05) is 6.61 Å². The molecule has 0 aromatic carbocycles. The first-order chi connectivity index (χ1) is 4.33. The van der Waals surface area contributed by atoms with Crippen molar-refractivity contribution >= 4 is 0 Å². The predicted octanol–water partition coefficient (Wildman–Crippen LogP) is -0.480. The zero-order valence-corrected chi connectivity index (χ0v) is 5.34. The van der Waals surface area contributed by atoms with E-state index in [1.807, 2.05) is 0 Å². The van der Waals surface area contributed by atoms with Crippen molar-refractivity contribution < 1.29 is 14.9 Å². The van der Waals surface area contributed by atoms with Crippen molar-refractivity contribution in [3.8, 4) is 0 Å². The summed E-state index contributed by atoms with van der Waals surface area (Å²) < 4.78 is 5.14. The van der Waals surface area contributed by atoms with Crippen LogP contribution in [-0.4, -0.2) is 35.6 Å². The molecule has 1 aliphatic rings. The molecule has 3 heteroatoms. The monoisotopic (exact) mass is 134 g/mol. The van der Waals surface area contributed by atoms with E-state index < -0.39 is 5.60 Å². The lowest BCUT2D eigenvalue weighted by Gasteiger charge is -2.22. The van der Waals surface area contributed by atoms with Gasteiger partial charge in [0.05, 0.1) is 13.2 Å². The minimum absolute atomic E-state index is 0.0660. The van der Waals surface area contributed by atoms with Gasteiger partial charge in [-0.1, -0.05) is 0 Å². The van der Waals surface area contributed by atoms with Gasteiger partial charge in [0.2, 0.25) is 0 Å². The summed E-state index contributed by atoms with van der Waals surface area (Å²) in [5.74, 6) is 0. The van der Waals surface area contributed by atoms with Crippen LogP contribution in [0, 0.1) is 0 Å². The molecule has 0 bridgehead atoms. The van der Waals surface area contributed by atoms with Crippen LogP contribution in [0.1, 0.15) is 12.8 Å². The molecule has 3 nitrogen and oxygen atoms in total. The van der Waals surface area contributed by atoms with Gasteiger partial charge in [0.25, 0.3) is 0 Å². The van der Waals surface area contributed by atoms with E-state index in [2.05, 4.69) is 0 Å². The van der Waals surface area contributed by atoms with Crippen molar-refractivity contribution in [2.75, 3.05) is 19.8 Å². The zero-order valence-electron chi connectivity index (χ0n) is 5.34. The lowest BCUT2D eigenvalue weighted by atomic mass is 10.4. The third kappa shape index (κ3) is 1.23. The first kappa shape index (κ1) is 6.99. The van der Waals surface area contributed by atoms with Crippen LogP contribution in [0.4, 0.5) is 0 Å². The molecule has 0 aliphatic carbocycles. The van der Waals surface area contributed by atoms with Gasteiger partial charge in [-0.2, -0.15) is 0 Å². The second-order valence-corrected chi connectivity index (χ2v) is 2.45. The van der Waals surface area contributed by atoms with Crippen molar-refractivity contribution in [1.82, 2.24) is 0 Å². The molecule has 2 N–H and O–H groups in total. The van der Waals surface area contributed by atoms with Gasteiger partial charge >= 0.3 is 0 Å². The summed E-state index contributed by atoms with van der Waals surface area (Å²) in [6, 6.07) is 0. The van der Waals surface area contributed by atoms with Crippen molar-refractivity contribution in [2.45, 2.75) is 18.4 Å². The lowest BCUT2D eigenvalue weighted by Crippen LogP contribution is -2.36. The molecule has 1 heterocycles. The van der Waals surface area contributed by atoms with Gasteiger partial charge in [-0.15, -0.1) is 0 Å². The number of rotatable bonds is 2. The lowest BCUT2D eigenvalue weighted by molar-refractivity contribution is -0.0718. The molecule has 0 aromatic rings. The molecule has 0 saturated carbocycles. The molecule has 1 saturated heterocycles. The Morgan fingerprint density at radius 3 is 2.22 bits per heavy atom. The Bertz CT molecular complexity index is 80.3. The first-order valence-corrected chi connectivity index (χ1v) is 3.19. The molecule has 0 amide bonds. The zero-order chi connectivity index (χ0) is 6.74. The number of hydrogen-bond acceptors (Lipinski definition) is 3. The molecule has 54 valence electrons. The van der Waals surface area contributed by atoms with Crippen LogP contribution in [0.25, 0.3) is 0 Å². The molecular formula is C6H12O3. The Morgan fingerprint density at radius 2 is 2.00 bits per heavy atom. The first-order valence-electron chi connectivity index (χ1n) is 3.19. The molecular weight excluding hydrogens is 122 g/mol. The van der Waals surface area contributed by atoms with Gasteiger partial charge in [0.15, 0.2) is 0 Å². The molecule has 0 atom stereocenters. The van der Waals surface area contributed by atoms with Crippen LogP contribution < -0.4 is 0 Å². The summed E-state index contributed by atoms with van der Waals surface area (Å²) in [4.78, 5) is 0. The van der Waals surface area contributed by atoms with Gasteiger partial charge < -0.3 is 14.9 Å². The van der Waals surface area contributed by atoms with Crippen molar-refractivity contribution in [1.29, 1.82) is 0 Å². The fourth-order valence-electron chi connectivity index (χ4n) is 1.05. The summed E-state index contributed by atoms with van der Waals surface area (Å²) in [6.45, 7) is 0.536. The third-order valence-corrected chi connectivity index (χ3v) is 1.76. The summed E-state index contributed by atoms with van der Waals surface area (Å²) in [6.07, 6.45) is 1.72. The number of aliphatic hydroxyl groups excluding tert-OH is 2. The van der Waals surface area contributed by atoms with Gasteiger partial charge in [-0.05, 0) is 12.8 Å². The Labute approximate surface area is 54.3 Å². The second-order valence-electron chi connectivity index (χ2n) is 2.45. The van der Waals surface area contributed by atoms with E-state index in [0.29, 0.717) is 6.61 Å². The van der Waals surface area contributed by atoms with E-state index in [4.69, 9.17) is 14.9 Å². The van der Waals surface area contributed by atoms with Crippen LogP contribution in [-0.2, 0) is 4.74 Å². The molecule has 9 heavy (non-hydrogen) atoms. The smallest absolute Gasteiger partial charge is 0.114 e. The molecule has 0 aromatic heterocycles. The Kier molecular flexibility index (Phi) is 2.05. The predicted molar refractivity (Wildman–Crippen MR) is 32.1 cm³/mol.